The molecule has 0 saturated carbocycles. The molecule has 0 N–H and O–H groups in total. The van der Waals surface area contributed by atoms with Gasteiger partial charge in [-0.3, -0.25) is 4.79 Å². The van der Waals surface area contributed by atoms with Gasteiger partial charge in [0.25, 0.3) is 0 Å². The van der Waals surface area contributed by atoms with Crippen LogP contribution in [0.25, 0.3) is 0 Å². The predicted molar refractivity (Wildman–Crippen MR) is 66.3 cm³/mol. The zero-order valence-electron chi connectivity index (χ0n) is 10.4. The van der Waals surface area contributed by atoms with E-state index >= 15 is 0 Å². The van der Waals surface area contributed by atoms with Crippen molar-refractivity contribution in [3.05, 3.63) is 29.3 Å². The van der Waals surface area contributed by atoms with Crippen LogP contribution in [-0.2, 0) is 4.74 Å². The van der Waals surface area contributed by atoms with E-state index < -0.39 is 0 Å². The zero-order valence-corrected chi connectivity index (χ0v) is 10.4. The number of nitriles is 1. The third-order valence-corrected chi connectivity index (χ3v) is 2.57. The second-order valence-corrected chi connectivity index (χ2v) is 3.81. The second kappa shape index (κ2) is 6.02. The van der Waals surface area contributed by atoms with Crippen LogP contribution in [0.15, 0.2) is 18.2 Å². The van der Waals surface area contributed by atoms with E-state index in [1.54, 1.807) is 25.3 Å². The summed E-state index contributed by atoms with van der Waals surface area (Å²) in [5, 5.41) is 9.03. The molecule has 17 heavy (non-hydrogen) atoms. The zero-order chi connectivity index (χ0) is 12.8. The lowest BCUT2D eigenvalue weighted by molar-refractivity contribution is 0.101. The van der Waals surface area contributed by atoms with Gasteiger partial charge in [0, 0.05) is 26.3 Å². The predicted octanol–water partition coefficient (Wildman–Crippen LogP) is 1.84. The number of carbonyl (C=O) groups is 1. The van der Waals surface area contributed by atoms with Gasteiger partial charge in [-0.25, -0.2) is 0 Å². The highest BCUT2D eigenvalue weighted by atomic mass is 16.5. The van der Waals surface area contributed by atoms with E-state index in [1.807, 2.05) is 11.9 Å². The number of anilines is 1. The molecule has 1 rings (SSSR count). The van der Waals surface area contributed by atoms with Crippen molar-refractivity contribution in [2.24, 2.45) is 0 Å². The van der Waals surface area contributed by atoms with Crippen molar-refractivity contribution in [3.63, 3.8) is 0 Å². The Bertz CT molecular complexity index is 449. The molecule has 0 atom stereocenters. The summed E-state index contributed by atoms with van der Waals surface area (Å²) in [6, 6.07) is 7.22. The molecule has 0 heterocycles. The normalized spacial score (nSPS) is 9.76. The number of nitrogens with zero attached hydrogens (tertiary/aromatic N) is 2. The smallest absolute Gasteiger partial charge is 0.159 e. The third kappa shape index (κ3) is 3.30. The Morgan fingerprint density at radius 1 is 1.53 bits per heavy atom. The SMILES string of the molecule is COCCN(C)c1cc(C(C)=O)ccc1C#N. The van der Waals surface area contributed by atoms with Crippen LogP contribution in [0.3, 0.4) is 0 Å². The van der Waals surface area contributed by atoms with Crippen LogP contribution in [0.4, 0.5) is 5.69 Å². The van der Waals surface area contributed by atoms with E-state index in [0.717, 1.165) is 5.69 Å². The number of methoxy groups -OCH3 is 1. The summed E-state index contributed by atoms with van der Waals surface area (Å²) in [4.78, 5) is 13.2. The summed E-state index contributed by atoms with van der Waals surface area (Å²) in [7, 11) is 3.50. The molecule has 0 amide bonds. The molecule has 0 spiro atoms. The molecule has 4 heteroatoms. The number of benzene rings is 1. The fourth-order valence-corrected chi connectivity index (χ4v) is 1.51. The number of hydrogen-bond donors (Lipinski definition) is 0. The first-order valence-corrected chi connectivity index (χ1v) is 5.35. The minimum Gasteiger partial charge on any atom is -0.383 e. The fourth-order valence-electron chi connectivity index (χ4n) is 1.51. The fraction of sp³-hybridized carbons (Fsp3) is 0.385. The van der Waals surface area contributed by atoms with E-state index in [1.165, 1.54) is 6.92 Å². The number of carbonyl (C=O) groups excluding carboxylic acids is 1. The molecule has 0 saturated heterocycles. The van der Waals surface area contributed by atoms with Crippen LogP contribution in [0, 0.1) is 11.3 Å². The number of likely N-dealkylation sites (N-methyl/N-ethyl adjacent to an activating group) is 1. The molecule has 0 aliphatic heterocycles. The molecule has 0 bridgehead atoms. The largest absolute Gasteiger partial charge is 0.383 e. The van der Waals surface area contributed by atoms with Crippen molar-refractivity contribution in [2.45, 2.75) is 6.92 Å². The Morgan fingerprint density at radius 3 is 2.76 bits per heavy atom. The Balaban J connectivity index is 3.06. The highest BCUT2D eigenvalue weighted by Crippen LogP contribution is 2.20. The van der Waals surface area contributed by atoms with Gasteiger partial charge in [0.1, 0.15) is 6.07 Å². The highest BCUT2D eigenvalue weighted by molar-refractivity contribution is 5.95. The number of ketones is 1. The maximum absolute atomic E-state index is 11.3. The molecular formula is C13H16N2O2. The molecule has 90 valence electrons. The Kier molecular flexibility index (Phi) is 4.68. The topological polar surface area (TPSA) is 53.3 Å². The van der Waals surface area contributed by atoms with Gasteiger partial charge >= 0.3 is 0 Å². The van der Waals surface area contributed by atoms with Crippen LogP contribution >= 0.6 is 0 Å². The van der Waals surface area contributed by atoms with Gasteiger partial charge in [0.05, 0.1) is 17.9 Å². The quantitative estimate of drug-likeness (QED) is 0.727. The van der Waals surface area contributed by atoms with Crippen molar-refractivity contribution in [1.82, 2.24) is 0 Å². The number of rotatable bonds is 5. The summed E-state index contributed by atoms with van der Waals surface area (Å²) in [6.45, 7) is 2.76. The summed E-state index contributed by atoms with van der Waals surface area (Å²) in [5.74, 6) is -0.00381. The van der Waals surface area contributed by atoms with Gasteiger partial charge in [-0.15, -0.1) is 0 Å². The highest BCUT2D eigenvalue weighted by Gasteiger charge is 2.10. The third-order valence-electron chi connectivity index (χ3n) is 2.57. The average molecular weight is 232 g/mol. The van der Waals surface area contributed by atoms with E-state index in [4.69, 9.17) is 10.00 Å². The van der Waals surface area contributed by atoms with Crippen molar-refractivity contribution in [1.29, 1.82) is 5.26 Å². The average Bonchev–Trinajstić information content (AvgIpc) is 2.34. The van der Waals surface area contributed by atoms with E-state index in [-0.39, 0.29) is 5.78 Å². The van der Waals surface area contributed by atoms with E-state index in [2.05, 4.69) is 6.07 Å². The Labute approximate surface area is 101 Å². The molecule has 1 aromatic rings. The summed E-state index contributed by atoms with van der Waals surface area (Å²) >= 11 is 0. The lowest BCUT2D eigenvalue weighted by Gasteiger charge is -2.20. The van der Waals surface area contributed by atoms with Gasteiger partial charge in [-0.1, -0.05) is 0 Å². The van der Waals surface area contributed by atoms with Crippen LogP contribution in [0.2, 0.25) is 0 Å². The standard InChI is InChI=1S/C13H16N2O2/c1-10(16)11-4-5-12(9-14)13(8-11)15(2)6-7-17-3/h4-5,8H,6-7H2,1-3H3. The molecule has 0 radical (unpaired) electrons. The van der Waals surface area contributed by atoms with Crippen molar-refractivity contribution in [3.8, 4) is 6.07 Å². The second-order valence-electron chi connectivity index (χ2n) is 3.81. The van der Waals surface area contributed by atoms with Crippen molar-refractivity contribution in [2.75, 3.05) is 32.2 Å². The maximum Gasteiger partial charge on any atom is 0.159 e. The van der Waals surface area contributed by atoms with Crippen LogP contribution in [0.5, 0.6) is 0 Å². The summed E-state index contributed by atoms with van der Waals surface area (Å²) in [5.41, 5.74) is 1.94. The van der Waals surface area contributed by atoms with Gasteiger partial charge in [0.15, 0.2) is 5.78 Å². The van der Waals surface area contributed by atoms with Crippen molar-refractivity contribution < 1.29 is 9.53 Å². The van der Waals surface area contributed by atoms with Crippen LogP contribution in [-0.4, -0.2) is 33.1 Å². The van der Waals surface area contributed by atoms with Crippen LogP contribution in [0.1, 0.15) is 22.8 Å². The van der Waals surface area contributed by atoms with Gasteiger partial charge in [-0.2, -0.15) is 5.26 Å². The number of Topliss-reactive ketones (excluding diaryl/α,β-unsaturated/α-hetero) is 1. The summed E-state index contributed by atoms with van der Waals surface area (Å²) < 4.78 is 4.99. The van der Waals surface area contributed by atoms with E-state index in [9.17, 15) is 4.79 Å². The van der Waals surface area contributed by atoms with Crippen LogP contribution < -0.4 is 4.90 Å². The first-order valence-electron chi connectivity index (χ1n) is 5.35. The Hall–Kier alpha value is -1.86. The molecule has 0 aliphatic rings. The molecule has 4 nitrogen and oxygen atoms in total. The van der Waals surface area contributed by atoms with Gasteiger partial charge in [0.2, 0.25) is 0 Å². The lowest BCUT2D eigenvalue weighted by atomic mass is 10.1. The minimum absolute atomic E-state index is 0.00381. The molecular weight excluding hydrogens is 216 g/mol. The minimum atomic E-state index is -0.00381. The monoisotopic (exact) mass is 232 g/mol. The van der Waals surface area contributed by atoms with Crippen molar-refractivity contribution >= 4 is 11.5 Å². The first-order chi connectivity index (χ1) is 8.10. The molecule has 0 aliphatic carbocycles. The maximum atomic E-state index is 11.3. The van der Waals surface area contributed by atoms with E-state index in [0.29, 0.717) is 24.3 Å². The summed E-state index contributed by atoms with van der Waals surface area (Å²) in [6.07, 6.45) is 0. The van der Waals surface area contributed by atoms with Gasteiger partial charge in [-0.05, 0) is 25.1 Å². The number of hydrogen-bond acceptors (Lipinski definition) is 4. The molecule has 0 unspecified atom stereocenters. The Morgan fingerprint density at radius 2 is 2.24 bits per heavy atom. The first kappa shape index (κ1) is 13.2. The molecule has 0 aromatic heterocycles. The molecule has 1 aromatic carbocycles. The number of ether oxygens (including phenoxy) is 1. The lowest BCUT2D eigenvalue weighted by Crippen LogP contribution is -2.23. The van der Waals surface area contributed by atoms with Gasteiger partial charge < -0.3 is 9.64 Å². The molecule has 0 fully saturated rings.